The predicted octanol–water partition coefficient (Wildman–Crippen LogP) is 3.53. The van der Waals surface area contributed by atoms with Gasteiger partial charge in [0, 0.05) is 25.2 Å². The number of nitrogens with one attached hydrogen (secondary N) is 3. The van der Waals surface area contributed by atoms with Crippen LogP contribution in [-0.4, -0.2) is 18.5 Å². The smallest absolute Gasteiger partial charge is 0.352 e. The van der Waals surface area contributed by atoms with Gasteiger partial charge in [-0.25, -0.2) is 4.79 Å². The molecule has 0 aliphatic carbocycles. The Bertz CT molecular complexity index is 732. The first kappa shape index (κ1) is 19.3. The minimum absolute atomic E-state index is 0.0584. The van der Waals surface area contributed by atoms with Gasteiger partial charge in [0.2, 0.25) is 5.91 Å². The van der Waals surface area contributed by atoms with Crippen molar-refractivity contribution in [2.75, 3.05) is 11.9 Å². The summed E-state index contributed by atoms with van der Waals surface area (Å²) in [5.74, 6) is -0.315. The molecule has 0 bridgehead atoms. The molecule has 26 heavy (non-hydrogen) atoms. The van der Waals surface area contributed by atoms with E-state index in [1.54, 1.807) is 24.3 Å². The molecule has 138 valence electrons. The lowest BCUT2D eigenvalue weighted by Gasteiger charge is -2.09. The number of halogens is 3. The quantitative estimate of drug-likeness (QED) is 0.733. The molecule has 2 rings (SSSR count). The molecule has 0 fully saturated rings. The van der Waals surface area contributed by atoms with E-state index in [1.807, 2.05) is 6.07 Å². The zero-order valence-corrected chi connectivity index (χ0v) is 13.8. The van der Waals surface area contributed by atoms with Gasteiger partial charge in [0.1, 0.15) is 0 Å². The van der Waals surface area contributed by atoms with Crippen LogP contribution in [0.25, 0.3) is 0 Å². The van der Waals surface area contributed by atoms with E-state index in [9.17, 15) is 22.8 Å². The van der Waals surface area contributed by atoms with Gasteiger partial charge in [0.25, 0.3) is 0 Å². The topological polar surface area (TPSA) is 70.2 Å². The summed E-state index contributed by atoms with van der Waals surface area (Å²) in [5.41, 5.74) is 0.457. The summed E-state index contributed by atoms with van der Waals surface area (Å²) in [4.78, 5) is 23.4. The molecular formula is C18H18F3N3O2. The third-order valence-corrected chi connectivity index (χ3v) is 3.44. The van der Waals surface area contributed by atoms with Crippen molar-refractivity contribution in [2.24, 2.45) is 0 Å². The first-order chi connectivity index (χ1) is 12.3. The van der Waals surface area contributed by atoms with Crippen LogP contribution in [0.4, 0.5) is 23.7 Å². The summed E-state index contributed by atoms with van der Waals surface area (Å²) in [6.07, 6.45) is -4.32. The lowest BCUT2D eigenvalue weighted by molar-refractivity contribution is -0.137. The highest BCUT2D eigenvalue weighted by molar-refractivity contribution is 5.89. The second-order valence-corrected chi connectivity index (χ2v) is 5.47. The number of rotatable bonds is 6. The Hall–Kier alpha value is -3.03. The van der Waals surface area contributed by atoms with Crippen LogP contribution < -0.4 is 16.0 Å². The van der Waals surface area contributed by atoms with Gasteiger partial charge in [-0.2, -0.15) is 13.2 Å². The summed E-state index contributed by atoms with van der Waals surface area (Å²) in [6.45, 7) is 0.255. The fraction of sp³-hybridized carbons (Fsp3) is 0.222. The Morgan fingerprint density at radius 2 is 1.54 bits per heavy atom. The maximum Gasteiger partial charge on any atom is 0.416 e. The number of urea groups is 1. The number of para-hydroxylation sites is 1. The standard InChI is InChI=1S/C18H18F3N3O2/c19-18(20,21)14-8-6-13(7-9-14)12-23-16(25)10-11-22-17(26)24-15-4-2-1-3-5-15/h1-9H,10-12H2,(H,23,25)(H2,22,24,26). The molecule has 0 heterocycles. The number of hydrogen-bond donors (Lipinski definition) is 3. The lowest BCUT2D eigenvalue weighted by atomic mass is 10.1. The molecule has 5 nitrogen and oxygen atoms in total. The first-order valence-electron chi connectivity index (χ1n) is 7.87. The van der Waals surface area contributed by atoms with Gasteiger partial charge in [0.15, 0.2) is 0 Å². The van der Waals surface area contributed by atoms with Crippen molar-refractivity contribution in [1.29, 1.82) is 0 Å². The predicted molar refractivity (Wildman–Crippen MR) is 91.4 cm³/mol. The fourth-order valence-electron chi connectivity index (χ4n) is 2.09. The van der Waals surface area contributed by atoms with Crippen LogP contribution in [0.1, 0.15) is 17.5 Å². The van der Waals surface area contributed by atoms with Gasteiger partial charge in [-0.15, -0.1) is 0 Å². The van der Waals surface area contributed by atoms with Gasteiger partial charge in [-0.1, -0.05) is 30.3 Å². The molecule has 0 saturated heterocycles. The van der Waals surface area contributed by atoms with Crippen LogP contribution >= 0.6 is 0 Å². The summed E-state index contributed by atoms with van der Waals surface area (Å²) in [7, 11) is 0. The van der Waals surface area contributed by atoms with E-state index in [0.717, 1.165) is 12.1 Å². The number of carbonyl (C=O) groups is 2. The molecule has 2 aromatic carbocycles. The third-order valence-electron chi connectivity index (χ3n) is 3.44. The van der Waals surface area contributed by atoms with Crippen molar-refractivity contribution in [2.45, 2.75) is 19.1 Å². The van der Waals surface area contributed by atoms with Gasteiger partial charge >= 0.3 is 12.2 Å². The van der Waals surface area contributed by atoms with Crippen LogP contribution in [0.2, 0.25) is 0 Å². The highest BCUT2D eigenvalue weighted by atomic mass is 19.4. The van der Waals surface area contributed by atoms with Crippen LogP contribution in [0.5, 0.6) is 0 Å². The molecule has 0 aliphatic heterocycles. The zero-order chi connectivity index (χ0) is 19.0. The molecule has 0 aromatic heterocycles. The van der Waals surface area contributed by atoms with Crippen molar-refractivity contribution in [3.63, 3.8) is 0 Å². The molecule has 3 amide bonds. The first-order valence-corrected chi connectivity index (χ1v) is 7.87. The SMILES string of the molecule is O=C(CCNC(=O)Nc1ccccc1)NCc1ccc(C(F)(F)F)cc1. The van der Waals surface area contributed by atoms with E-state index in [4.69, 9.17) is 0 Å². The van der Waals surface area contributed by atoms with Gasteiger partial charge < -0.3 is 16.0 Å². The van der Waals surface area contributed by atoms with Crippen molar-refractivity contribution >= 4 is 17.6 Å². The minimum atomic E-state index is -4.38. The summed E-state index contributed by atoms with van der Waals surface area (Å²) >= 11 is 0. The fourth-order valence-corrected chi connectivity index (χ4v) is 2.09. The molecule has 0 spiro atoms. The van der Waals surface area contributed by atoms with Gasteiger partial charge in [-0.3, -0.25) is 4.79 Å². The molecule has 2 aromatic rings. The molecule has 0 unspecified atom stereocenters. The average molecular weight is 365 g/mol. The van der Waals surface area contributed by atoms with E-state index < -0.39 is 17.8 Å². The Morgan fingerprint density at radius 3 is 2.15 bits per heavy atom. The minimum Gasteiger partial charge on any atom is -0.352 e. The Labute approximate surface area is 148 Å². The molecule has 0 saturated carbocycles. The van der Waals surface area contributed by atoms with Crippen molar-refractivity contribution in [3.05, 3.63) is 65.7 Å². The third kappa shape index (κ3) is 6.46. The molecule has 8 heteroatoms. The monoisotopic (exact) mass is 365 g/mol. The highest BCUT2D eigenvalue weighted by Gasteiger charge is 2.29. The van der Waals surface area contributed by atoms with E-state index >= 15 is 0 Å². The Balaban J connectivity index is 1.66. The van der Waals surface area contributed by atoms with Crippen LogP contribution in [-0.2, 0) is 17.5 Å². The number of hydrogen-bond acceptors (Lipinski definition) is 2. The molecule has 3 N–H and O–H groups in total. The van der Waals surface area contributed by atoms with E-state index in [2.05, 4.69) is 16.0 Å². The van der Waals surface area contributed by atoms with Crippen LogP contribution in [0, 0.1) is 0 Å². The van der Waals surface area contributed by atoms with Crippen molar-refractivity contribution < 1.29 is 22.8 Å². The summed E-state index contributed by atoms with van der Waals surface area (Å²) in [6, 6.07) is 13.0. The van der Waals surface area contributed by atoms with Crippen LogP contribution in [0.15, 0.2) is 54.6 Å². The van der Waals surface area contributed by atoms with E-state index in [-0.39, 0.29) is 25.4 Å². The van der Waals surface area contributed by atoms with Crippen molar-refractivity contribution in [3.8, 4) is 0 Å². The van der Waals surface area contributed by atoms with Crippen LogP contribution in [0.3, 0.4) is 0 Å². The van der Waals surface area contributed by atoms with E-state index in [0.29, 0.717) is 11.3 Å². The van der Waals surface area contributed by atoms with Gasteiger partial charge in [-0.05, 0) is 29.8 Å². The second-order valence-electron chi connectivity index (χ2n) is 5.47. The Kier molecular flexibility index (Phi) is 6.60. The molecule has 0 atom stereocenters. The highest BCUT2D eigenvalue weighted by Crippen LogP contribution is 2.29. The summed E-state index contributed by atoms with van der Waals surface area (Å²) < 4.78 is 37.4. The largest absolute Gasteiger partial charge is 0.416 e. The number of amides is 3. The number of benzene rings is 2. The zero-order valence-electron chi connectivity index (χ0n) is 13.8. The summed E-state index contributed by atoms with van der Waals surface area (Å²) in [5, 5.41) is 7.75. The van der Waals surface area contributed by atoms with Gasteiger partial charge in [0.05, 0.1) is 5.56 Å². The van der Waals surface area contributed by atoms with Crippen molar-refractivity contribution in [1.82, 2.24) is 10.6 Å². The normalized spacial score (nSPS) is 10.9. The maximum atomic E-state index is 12.5. The Morgan fingerprint density at radius 1 is 0.885 bits per heavy atom. The molecule has 0 aliphatic rings. The molecule has 0 radical (unpaired) electrons. The second kappa shape index (κ2) is 8.89. The maximum absolute atomic E-state index is 12.5. The average Bonchev–Trinajstić information content (AvgIpc) is 2.60. The van der Waals surface area contributed by atoms with E-state index in [1.165, 1.54) is 12.1 Å². The number of carbonyl (C=O) groups excluding carboxylic acids is 2. The lowest BCUT2D eigenvalue weighted by Crippen LogP contribution is -2.33. The number of alkyl halides is 3. The molecular weight excluding hydrogens is 347 g/mol. The number of anilines is 1.